The lowest BCUT2D eigenvalue weighted by Gasteiger charge is -2.17. The Hall–Kier alpha value is -2.36. The van der Waals surface area contributed by atoms with E-state index >= 15 is 0 Å². The number of rotatable bonds is 3. The van der Waals surface area contributed by atoms with Crippen molar-refractivity contribution in [2.24, 2.45) is 0 Å². The standard InChI is InChI=1S/C16H17N3O/c1-19(11-12-4-7-17-8-5-12)16(20)14-2-3-15-13(10-14)6-9-18-15/h2-5,7-8,10,18H,6,9,11H2,1H3. The molecule has 2 aromatic rings. The third-order valence-electron chi connectivity index (χ3n) is 3.58. The Bertz CT molecular complexity index is 625. The van der Waals surface area contributed by atoms with E-state index in [2.05, 4.69) is 10.3 Å². The molecule has 1 aliphatic heterocycles. The molecule has 3 rings (SSSR count). The fourth-order valence-corrected chi connectivity index (χ4v) is 2.49. The van der Waals surface area contributed by atoms with Crippen LogP contribution in [0, 0.1) is 0 Å². The van der Waals surface area contributed by atoms with E-state index in [-0.39, 0.29) is 5.91 Å². The average Bonchev–Trinajstić information content (AvgIpc) is 2.94. The molecule has 1 amide bonds. The topological polar surface area (TPSA) is 45.2 Å². The van der Waals surface area contributed by atoms with Gasteiger partial charge >= 0.3 is 0 Å². The lowest BCUT2D eigenvalue weighted by atomic mass is 10.1. The van der Waals surface area contributed by atoms with Crippen molar-refractivity contribution >= 4 is 11.6 Å². The van der Waals surface area contributed by atoms with Crippen LogP contribution in [0.2, 0.25) is 0 Å². The quantitative estimate of drug-likeness (QED) is 0.928. The third-order valence-corrected chi connectivity index (χ3v) is 3.58. The van der Waals surface area contributed by atoms with Gasteiger partial charge in [0.2, 0.25) is 0 Å². The van der Waals surface area contributed by atoms with E-state index in [1.54, 1.807) is 17.3 Å². The van der Waals surface area contributed by atoms with Gasteiger partial charge in [0.25, 0.3) is 5.91 Å². The molecule has 0 unspecified atom stereocenters. The van der Waals surface area contributed by atoms with Gasteiger partial charge in [-0.3, -0.25) is 9.78 Å². The second-order valence-electron chi connectivity index (χ2n) is 5.07. The van der Waals surface area contributed by atoms with Crippen LogP contribution in [0.15, 0.2) is 42.7 Å². The van der Waals surface area contributed by atoms with Crippen molar-refractivity contribution in [2.75, 3.05) is 18.9 Å². The number of pyridine rings is 1. The van der Waals surface area contributed by atoms with E-state index in [4.69, 9.17) is 0 Å². The molecule has 0 saturated carbocycles. The second-order valence-corrected chi connectivity index (χ2v) is 5.07. The molecular formula is C16H17N3O. The van der Waals surface area contributed by atoms with Crippen molar-refractivity contribution in [1.29, 1.82) is 0 Å². The Kier molecular flexibility index (Phi) is 3.37. The van der Waals surface area contributed by atoms with E-state index in [9.17, 15) is 4.79 Å². The number of nitrogens with zero attached hydrogens (tertiary/aromatic N) is 2. The summed E-state index contributed by atoms with van der Waals surface area (Å²) in [5.41, 5.74) is 4.22. The summed E-state index contributed by atoms with van der Waals surface area (Å²) < 4.78 is 0. The van der Waals surface area contributed by atoms with Gasteiger partial charge in [-0.1, -0.05) is 0 Å². The number of amides is 1. The molecule has 0 fully saturated rings. The fourth-order valence-electron chi connectivity index (χ4n) is 2.49. The summed E-state index contributed by atoms with van der Waals surface area (Å²) in [5.74, 6) is 0.0523. The van der Waals surface area contributed by atoms with Crippen LogP contribution in [0.3, 0.4) is 0 Å². The van der Waals surface area contributed by atoms with Gasteiger partial charge in [-0.05, 0) is 47.9 Å². The molecule has 0 aliphatic carbocycles. The highest BCUT2D eigenvalue weighted by atomic mass is 16.2. The van der Waals surface area contributed by atoms with Gasteiger partial charge in [0.15, 0.2) is 0 Å². The maximum absolute atomic E-state index is 12.4. The molecule has 20 heavy (non-hydrogen) atoms. The van der Waals surface area contributed by atoms with Crippen LogP contribution >= 0.6 is 0 Å². The first-order valence-corrected chi connectivity index (χ1v) is 6.75. The van der Waals surface area contributed by atoms with E-state index < -0.39 is 0 Å². The highest BCUT2D eigenvalue weighted by Gasteiger charge is 2.16. The van der Waals surface area contributed by atoms with Crippen molar-refractivity contribution in [3.8, 4) is 0 Å². The predicted molar refractivity (Wildman–Crippen MR) is 78.7 cm³/mol. The molecule has 0 saturated heterocycles. The van der Waals surface area contributed by atoms with Crippen LogP contribution in [-0.2, 0) is 13.0 Å². The van der Waals surface area contributed by atoms with E-state index in [0.717, 1.165) is 29.8 Å². The maximum Gasteiger partial charge on any atom is 0.253 e. The van der Waals surface area contributed by atoms with Gasteiger partial charge in [0.05, 0.1) is 0 Å². The van der Waals surface area contributed by atoms with E-state index in [0.29, 0.717) is 6.54 Å². The predicted octanol–water partition coefficient (Wildman–Crippen LogP) is 2.32. The Morgan fingerprint density at radius 2 is 2.10 bits per heavy atom. The van der Waals surface area contributed by atoms with Gasteiger partial charge in [-0.15, -0.1) is 0 Å². The molecule has 1 aromatic heterocycles. The SMILES string of the molecule is CN(Cc1ccncc1)C(=O)c1ccc2c(c1)CCN2. The summed E-state index contributed by atoms with van der Waals surface area (Å²) in [5, 5.41) is 3.30. The van der Waals surface area contributed by atoms with Crippen LogP contribution in [-0.4, -0.2) is 29.4 Å². The monoisotopic (exact) mass is 267 g/mol. The van der Waals surface area contributed by atoms with Crippen molar-refractivity contribution in [3.05, 3.63) is 59.4 Å². The fraction of sp³-hybridized carbons (Fsp3) is 0.250. The lowest BCUT2D eigenvalue weighted by molar-refractivity contribution is 0.0785. The first-order valence-electron chi connectivity index (χ1n) is 6.75. The zero-order valence-electron chi connectivity index (χ0n) is 11.5. The third kappa shape index (κ3) is 2.50. The lowest BCUT2D eigenvalue weighted by Crippen LogP contribution is -2.26. The Morgan fingerprint density at radius 3 is 2.90 bits per heavy atom. The van der Waals surface area contributed by atoms with Crippen LogP contribution in [0.25, 0.3) is 0 Å². The summed E-state index contributed by atoms with van der Waals surface area (Å²) in [4.78, 5) is 18.2. The van der Waals surface area contributed by atoms with Crippen molar-refractivity contribution in [3.63, 3.8) is 0 Å². The molecule has 0 spiro atoms. The number of fused-ring (bicyclic) bond motifs is 1. The summed E-state index contributed by atoms with van der Waals surface area (Å²) in [6.45, 7) is 1.55. The van der Waals surface area contributed by atoms with Crippen molar-refractivity contribution in [2.45, 2.75) is 13.0 Å². The highest BCUT2D eigenvalue weighted by molar-refractivity contribution is 5.94. The van der Waals surface area contributed by atoms with E-state index in [1.807, 2.05) is 37.4 Å². The molecule has 1 N–H and O–H groups in total. The zero-order chi connectivity index (χ0) is 13.9. The first kappa shape index (κ1) is 12.7. The number of hydrogen-bond donors (Lipinski definition) is 1. The highest BCUT2D eigenvalue weighted by Crippen LogP contribution is 2.23. The summed E-state index contributed by atoms with van der Waals surface area (Å²) >= 11 is 0. The maximum atomic E-state index is 12.4. The Morgan fingerprint density at radius 1 is 1.30 bits per heavy atom. The molecule has 4 heteroatoms. The van der Waals surface area contributed by atoms with E-state index in [1.165, 1.54) is 5.56 Å². The van der Waals surface area contributed by atoms with Crippen LogP contribution in [0.1, 0.15) is 21.5 Å². The minimum Gasteiger partial charge on any atom is -0.384 e. The van der Waals surface area contributed by atoms with Gasteiger partial charge < -0.3 is 10.2 Å². The number of nitrogens with one attached hydrogen (secondary N) is 1. The molecule has 1 aliphatic rings. The Balaban J connectivity index is 1.75. The zero-order valence-corrected chi connectivity index (χ0v) is 11.5. The van der Waals surface area contributed by atoms with Crippen molar-refractivity contribution in [1.82, 2.24) is 9.88 Å². The minimum absolute atomic E-state index is 0.0523. The van der Waals surface area contributed by atoms with Gasteiger partial charge in [-0.25, -0.2) is 0 Å². The number of carbonyl (C=O) groups is 1. The minimum atomic E-state index is 0.0523. The van der Waals surface area contributed by atoms with Crippen molar-refractivity contribution < 1.29 is 4.79 Å². The largest absolute Gasteiger partial charge is 0.384 e. The van der Waals surface area contributed by atoms with Gasteiger partial charge in [0.1, 0.15) is 0 Å². The second kappa shape index (κ2) is 5.33. The van der Waals surface area contributed by atoms with Crippen LogP contribution in [0.4, 0.5) is 5.69 Å². The van der Waals surface area contributed by atoms with Crippen LogP contribution < -0.4 is 5.32 Å². The molecule has 0 bridgehead atoms. The summed E-state index contributed by atoms with van der Waals surface area (Å²) in [7, 11) is 1.83. The summed E-state index contributed by atoms with van der Waals surface area (Å²) in [6, 6.07) is 9.74. The number of carbonyl (C=O) groups excluding carboxylic acids is 1. The number of aromatic nitrogens is 1. The molecule has 1 aromatic carbocycles. The number of anilines is 1. The number of benzene rings is 1. The first-order chi connectivity index (χ1) is 9.74. The molecule has 0 radical (unpaired) electrons. The average molecular weight is 267 g/mol. The summed E-state index contributed by atoms with van der Waals surface area (Å²) in [6.07, 6.45) is 4.48. The van der Waals surface area contributed by atoms with Crippen LogP contribution in [0.5, 0.6) is 0 Å². The Labute approximate surface area is 118 Å². The molecule has 102 valence electrons. The molecule has 2 heterocycles. The molecular weight excluding hydrogens is 250 g/mol. The normalized spacial score (nSPS) is 12.7. The molecule has 0 atom stereocenters. The smallest absolute Gasteiger partial charge is 0.253 e. The number of hydrogen-bond acceptors (Lipinski definition) is 3. The molecule has 4 nitrogen and oxygen atoms in total. The van der Waals surface area contributed by atoms with Gasteiger partial charge in [0, 0.05) is 43.8 Å². The van der Waals surface area contributed by atoms with Gasteiger partial charge in [-0.2, -0.15) is 0 Å².